The van der Waals surface area contributed by atoms with Crippen molar-refractivity contribution in [1.29, 1.82) is 0 Å². The predicted molar refractivity (Wildman–Crippen MR) is 83.4 cm³/mol. The minimum atomic E-state index is -0.227. The average Bonchev–Trinajstić information content (AvgIpc) is 2.48. The van der Waals surface area contributed by atoms with E-state index in [9.17, 15) is 4.79 Å². The third kappa shape index (κ3) is 7.60. The molecule has 0 aromatic carbocycles. The molecule has 0 radical (unpaired) electrons. The van der Waals surface area contributed by atoms with Crippen LogP contribution in [0.25, 0.3) is 0 Å². The highest BCUT2D eigenvalue weighted by molar-refractivity contribution is 5.92. The van der Waals surface area contributed by atoms with Gasteiger partial charge in [0.15, 0.2) is 0 Å². The van der Waals surface area contributed by atoms with Crippen molar-refractivity contribution in [3.05, 3.63) is 18.1 Å². The Bertz CT molecular complexity index is 424. The van der Waals surface area contributed by atoms with Crippen LogP contribution in [0, 0.1) is 5.92 Å². The van der Waals surface area contributed by atoms with Gasteiger partial charge in [-0.25, -0.2) is 4.98 Å². The van der Waals surface area contributed by atoms with Gasteiger partial charge < -0.3 is 15.4 Å². The normalized spacial score (nSPS) is 10.7. The van der Waals surface area contributed by atoms with Crippen molar-refractivity contribution in [3.8, 4) is 0 Å². The summed E-state index contributed by atoms with van der Waals surface area (Å²) in [4.78, 5) is 20.2. The van der Waals surface area contributed by atoms with Gasteiger partial charge in [0.25, 0.3) is 5.91 Å². The lowest BCUT2D eigenvalue weighted by Gasteiger charge is -2.08. The summed E-state index contributed by atoms with van der Waals surface area (Å²) in [5.41, 5.74) is 0.318. The molecule has 1 heterocycles. The molecule has 0 aliphatic carbocycles. The second kappa shape index (κ2) is 10.1. The van der Waals surface area contributed by atoms with E-state index in [1.165, 1.54) is 6.20 Å². The van der Waals surface area contributed by atoms with Crippen LogP contribution >= 0.6 is 0 Å². The monoisotopic (exact) mass is 294 g/mol. The van der Waals surface area contributed by atoms with E-state index >= 15 is 0 Å². The summed E-state index contributed by atoms with van der Waals surface area (Å²) in [6, 6.07) is 0. The number of carbonyl (C=O) groups excluding carboxylic acids is 1. The Hall–Kier alpha value is -1.69. The molecule has 0 bridgehead atoms. The fraction of sp³-hybridized carbons (Fsp3) is 0.667. The third-order valence-corrected chi connectivity index (χ3v) is 2.79. The lowest BCUT2D eigenvalue weighted by molar-refractivity contribution is 0.0901. The molecule has 21 heavy (non-hydrogen) atoms. The maximum absolute atomic E-state index is 11.9. The van der Waals surface area contributed by atoms with Crippen molar-refractivity contribution in [2.24, 2.45) is 5.92 Å². The summed E-state index contributed by atoms with van der Waals surface area (Å²) < 4.78 is 5.44. The first kappa shape index (κ1) is 17.4. The third-order valence-electron chi connectivity index (χ3n) is 2.79. The van der Waals surface area contributed by atoms with E-state index in [1.54, 1.807) is 6.20 Å². The molecule has 0 saturated carbocycles. The number of hydrogen-bond donors (Lipinski definition) is 2. The van der Waals surface area contributed by atoms with Crippen LogP contribution in [0.15, 0.2) is 12.4 Å². The van der Waals surface area contributed by atoms with E-state index in [2.05, 4.69) is 41.4 Å². The van der Waals surface area contributed by atoms with Crippen LogP contribution in [-0.2, 0) is 4.74 Å². The fourth-order valence-electron chi connectivity index (χ4n) is 1.56. The van der Waals surface area contributed by atoms with Gasteiger partial charge >= 0.3 is 0 Å². The Kier molecular flexibility index (Phi) is 8.35. The molecule has 1 aromatic heterocycles. The molecule has 6 heteroatoms. The fourth-order valence-corrected chi connectivity index (χ4v) is 1.56. The SMILES string of the molecule is CCCNc1cncc(C(=O)NCCOCCC(C)C)n1. The van der Waals surface area contributed by atoms with Gasteiger partial charge in [-0.3, -0.25) is 9.78 Å². The smallest absolute Gasteiger partial charge is 0.271 e. The van der Waals surface area contributed by atoms with Crippen molar-refractivity contribution >= 4 is 11.7 Å². The van der Waals surface area contributed by atoms with Crippen molar-refractivity contribution in [2.75, 3.05) is 31.6 Å². The van der Waals surface area contributed by atoms with E-state index < -0.39 is 0 Å². The highest BCUT2D eigenvalue weighted by Crippen LogP contribution is 2.02. The van der Waals surface area contributed by atoms with Gasteiger partial charge in [-0.1, -0.05) is 20.8 Å². The topological polar surface area (TPSA) is 76.1 Å². The molecule has 1 rings (SSSR count). The first-order chi connectivity index (χ1) is 10.1. The van der Waals surface area contributed by atoms with E-state index in [1.807, 2.05) is 0 Å². The van der Waals surface area contributed by atoms with Crippen LogP contribution in [0.2, 0.25) is 0 Å². The minimum absolute atomic E-state index is 0.227. The molecule has 0 saturated heterocycles. The molecular weight excluding hydrogens is 268 g/mol. The molecule has 0 aliphatic rings. The van der Waals surface area contributed by atoms with Crippen LogP contribution in [0.4, 0.5) is 5.82 Å². The minimum Gasteiger partial charge on any atom is -0.380 e. The molecule has 0 atom stereocenters. The Morgan fingerprint density at radius 2 is 2.10 bits per heavy atom. The molecule has 0 aliphatic heterocycles. The van der Waals surface area contributed by atoms with Crippen LogP contribution in [0.3, 0.4) is 0 Å². The molecule has 1 aromatic rings. The van der Waals surface area contributed by atoms with Gasteiger partial charge in [-0.2, -0.15) is 0 Å². The molecule has 6 nitrogen and oxygen atoms in total. The zero-order chi connectivity index (χ0) is 15.5. The Labute approximate surface area is 126 Å². The first-order valence-corrected chi connectivity index (χ1v) is 7.55. The van der Waals surface area contributed by atoms with Crippen LogP contribution < -0.4 is 10.6 Å². The molecule has 2 N–H and O–H groups in total. The van der Waals surface area contributed by atoms with Crippen molar-refractivity contribution in [2.45, 2.75) is 33.6 Å². The van der Waals surface area contributed by atoms with Crippen LogP contribution in [0.1, 0.15) is 44.1 Å². The molecule has 0 spiro atoms. The predicted octanol–water partition coefficient (Wildman–Crippen LogP) is 2.09. The number of rotatable bonds is 10. The maximum atomic E-state index is 11.9. The quantitative estimate of drug-likeness (QED) is 0.646. The molecular formula is C15H26N4O2. The van der Waals surface area contributed by atoms with Gasteiger partial charge in [0.05, 0.1) is 19.0 Å². The standard InChI is InChI=1S/C15H26N4O2/c1-4-6-17-14-11-16-10-13(19-14)15(20)18-7-9-21-8-5-12(2)3/h10-12H,4-9H2,1-3H3,(H,17,19)(H,18,20). The zero-order valence-electron chi connectivity index (χ0n) is 13.2. The average molecular weight is 294 g/mol. The lowest BCUT2D eigenvalue weighted by Crippen LogP contribution is -2.28. The Balaban J connectivity index is 2.28. The summed E-state index contributed by atoms with van der Waals surface area (Å²) in [5, 5.41) is 5.88. The van der Waals surface area contributed by atoms with E-state index in [4.69, 9.17) is 4.74 Å². The van der Waals surface area contributed by atoms with Gasteiger partial charge in [-0.05, 0) is 18.8 Å². The molecule has 118 valence electrons. The molecule has 1 amide bonds. The number of anilines is 1. The maximum Gasteiger partial charge on any atom is 0.271 e. The number of hydrogen-bond acceptors (Lipinski definition) is 5. The van der Waals surface area contributed by atoms with Gasteiger partial charge in [0.1, 0.15) is 11.5 Å². The van der Waals surface area contributed by atoms with E-state index in [0.717, 1.165) is 26.0 Å². The first-order valence-electron chi connectivity index (χ1n) is 7.55. The summed E-state index contributed by atoms with van der Waals surface area (Å²) >= 11 is 0. The lowest BCUT2D eigenvalue weighted by atomic mass is 10.1. The number of carbonyl (C=O) groups is 1. The summed E-state index contributed by atoms with van der Waals surface area (Å²) in [6.07, 6.45) is 5.10. The summed E-state index contributed by atoms with van der Waals surface area (Å²) in [5.74, 6) is 1.03. The molecule has 0 fully saturated rings. The summed E-state index contributed by atoms with van der Waals surface area (Å²) in [6.45, 7) is 8.90. The van der Waals surface area contributed by atoms with Crippen molar-refractivity contribution in [1.82, 2.24) is 15.3 Å². The largest absolute Gasteiger partial charge is 0.380 e. The highest BCUT2D eigenvalue weighted by Gasteiger charge is 2.08. The van der Waals surface area contributed by atoms with Crippen molar-refractivity contribution in [3.63, 3.8) is 0 Å². The summed E-state index contributed by atoms with van der Waals surface area (Å²) in [7, 11) is 0. The molecule has 0 unspecified atom stereocenters. The number of nitrogens with one attached hydrogen (secondary N) is 2. The highest BCUT2D eigenvalue weighted by atomic mass is 16.5. The van der Waals surface area contributed by atoms with E-state index in [-0.39, 0.29) is 5.91 Å². The van der Waals surface area contributed by atoms with Crippen LogP contribution in [-0.4, -0.2) is 42.2 Å². The zero-order valence-corrected chi connectivity index (χ0v) is 13.2. The van der Waals surface area contributed by atoms with Gasteiger partial charge in [0, 0.05) is 19.7 Å². The van der Waals surface area contributed by atoms with Gasteiger partial charge in [0.2, 0.25) is 0 Å². The Morgan fingerprint density at radius 3 is 2.81 bits per heavy atom. The number of aromatic nitrogens is 2. The van der Waals surface area contributed by atoms with E-state index in [0.29, 0.717) is 30.6 Å². The second-order valence-electron chi connectivity index (χ2n) is 5.27. The van der Waals surface area contributed by atoms with Crippen LogP contribution in [0.5, 0.6) is 0 Å². The second-order valence-corrected chi connectivity index (χ2v) is 5.27. The van der Waals surface area contributed by atoms with Gasteiger partial charge in [-0.15, -0.1) is 0 Å². The number of amides is 1. The van der Waals surface area contributed by atoms with Crippen molar-refractivity contribution < 1.29 is 9.53 Å². The Morgan fingerprint density at radius 1 is 1.29 bits per heavy atom. The number of ether oxygens (including phenoxy) is 1. The number of nitrogens with zero attached hydrogens (tertiary/aromatic N) is 2.